The molecule has 0 aliphatic rings. The van der Waals surface area contributed by atoms with Gasteiger partial charge in [-0.15, -0.1) is 11.8 Å². The summed E-state index contributed by atoms with van der Waals surface area (Å²) in [6.45, 7) is 2.12. The molecule has 0 fully saturated rings. The molecule has 76 valence electrons. The molecule has 0 aromatic heterocycles. The third kappa shape index (κ3) is 2.77. The Balaban J connectivity index is 2.90. The number of benzene rings is 1. The zero-order valence-electron chi connectivity index (χ0n) is 8.45. The molecule has 3 heteroatoms. The standard InChI is InChI=1S/C11H14O2S/c1-3-6-14-11-7-10(13-2)5-4-9(11)8-12/h4-5,7-8H,3,6H2,1-2H3. The van der Waals surface area contributed by atoms with Crippen molar-refractivity contribution in [2.45, 2.75) is 18.2 Å². The molecule has 0 saturated carbocycles. The summed E-state index contributed by atoms with van der Waals surface area (Å²) in [5.74, 6) is 1.82. The van der Waals surface area contributed by atoms with E-state index in [1.807, 2.05) is 6.07 Å². The topological polar surface area (TPSA) is 26.3 Å². The first kappa shape index (κ1) is 11.1. The minimum Gasteiger partial charge on any atom is -0.497 e. The van der Waals surface area contributed by atoms with E-state index < -0.39 is 0 Å². The third-order valence-electron chi connectivity index (χ3n) is 1.81. The molecule has 1 aromatic rings. The van der Waals surface area contributed by atoms with Gasteiger partial charge in [0, 0.05) is 10.5 Å². The van der Waals surface area contributed by atoms with E-state index in [4.69, 9.17) is 4.74 Å². The number of aldehydes is 1. The highest BCUT2D eigenvalue weighted by Crippen LogP contribution is 2.26. The van der Waals surface area contributed by atoms with Crippen LogP contribution in [0.5, 0.6) is 5.75 Å². The third-order valence-corrected chi connectivity index (χ3v) is 3.09. The van der Waals surface area contributed by atoms with Crippen molar-refractivity contribution in [3.8, 4) is 5.75 Å². The summed E-state index contributed by atoms with van der Waals surface area (Å²) in [6, 6.07) is 5.51. The Bertz CT molecular complexity index is 310. The van der Waals surface area contributed by atoms with Crippen molar-refractivity contribution in [1.29, 1.82) is 0 Å². The molecule has 0 amide bonds. The largest absolute Gasteiger partial charge is 0.497 e. The summed E-state index contributed by atoms with van der Waals surface area (Å²) < 4.78 is 5.11. The molecule has 0 bridgehead atoms. The maximum Gasteiger partial charge on any atom is 0.151 e. The fourth-order valence-corrected chi connectivity index (χ4v) is 1.98. The Kier molecular flexibility index (Phi) is 4.53. The molecule has 0 aliphatic carbocycles. The van der Waals surface area contributed by atoms with Crippen LogP contribution in [0.3, 0.4) is 0 Å². The smallest absolute Gasteiger partial charge is 0.151 e. The first-order chi connectivity index (χ1) is 6.81. The highest BCUT2D eigenvalue weighted by Gasteiger charge is 2.03. The number of carbonyl (C=O) groups excluding carboxylic acids is 1. The van der Waals surface area contributed by atoms with E-state index in [0.717, 1.165) is 34.7 Å². The first-order valence-corrected chi connectivity index (χ1v) is 5.56. The molecule has 2 nitrogen and oxygen atoms in total. The maximum atomic E-state index is 10.7. The van der Waals surface area contributed by atoms with E-state index >= 15 is 0 Å². The van der Waals surface area contributed by atoms with Gasteiger partial charge in [0.15, 0.2) is 6.29 Å². The fourth-order valence-electron chi connectivity index (χ4n) is 1.08. The monoisotopic (exact) mass is 210 g/mol. The lowest BCUT2D eigenvalue weighted by Gasteiger charge is -2.06. The number of ether oxygens (including phenoxy) is 1. The zero-order chi connectivity index (χ0) is 10.4. The molecular formula is C11H14O2S. The second kappa shape index (κ2) is 5.70. The molecular weight excluding hydrogens is 196 g/mol. The van der Waals surface area contributed by atoms with Crippen molar-refractivity contribution in [3.05, 3.63) is 23.8 Å². The van der Waals surface area contributed by atoms with Gasteiger partial charge in [-0.2, -0.15) is 0 Å². The minimum atomic E-state index is 0.740. The number of methoxy groups -OCH3 is 1. The van der Waals surface area contributed by atoms with Crippen molar-refractivity contribution in [3.63, 3.8) is 0 Å². The van der Waals surface area contributed by atoms with Crippen LogP contribution in [-0.2, 0) is 0 Å². The van der Waals surface area contributed by atoms with Crippen LogP contribution in [0.4, 0.5) is 0 Å². The van der Waals surface area contributed by atoms with Gasteiger partial charge in [-0.3, -0.25) is 4.79 Å². The summed E-state index contributed by atoms with van der Waals surface area (Å²) >= 11 is 1.69. The number of hydrogen-bond acceptors (Lipinski definition) is 3. The number of hydrogen-bond donors (Lipinski definition) is 0. The Morgan fingerprint density at radius 2 is 2.29 bits per heavy atom. The highest BCUT2D eigenvalue weighted by molar-refractivity contribution is 7.99. The van der Waals surface area contributed by atoms with Crippen molar-refractivity contribution in [2.24, 2.45) is 0 Å². The van der Waals surface area contributed by atoms with Crippen molar-refractivity contribution >= 4 is 18.0 Å². The Labute approximate surface area is 88.7 Å². The quantitative estimate of drug-likeness (QED) is 0.552. The van der Waals surface area contributed by atoms with Gasteiger partial charge >= 0.3 is 0 Å². The van der Waals surface area contributed by atoms with Crippen LogP contribution in [0, 0.1) is 0 Å². The summed E-state index contributed by atoms with van der Waals surface area (Å²) in [5, 5.41) is 0. The van der Waals surface area contributed by atoms with Gasteiger partial charge in [-0.25, -0.2) is 0 Å². The highest BCUT2D eigenvalue weighted by atomic mass is 32.2. The molecule has 0 atom stereocenters. The molecule has 0 saturated heterocycles. The first-order valence-electron chi connectivity index (χ1n) is 4.57. The Morgan fingerprint density at radius 1 is 1.50 bits per heavy atom. The Morgan fingerprint density at radius 3 is 2.86 bits per heavy atom. The number of rotatable bonds is 5. The molecule has 0 heterocycles. The lowest BCUT2D eigenvalue weighted by Crippen LogP contribution is -1.89. The van der Waals surface area contributed by atoms with Gasteiger partial charge in [0.1, 0.15) is 5.75 Å². The van der Waals surface area contributed by atoms with Gasteiger partial charge in [-0.1, -0.05) is 6.92 Å². The fraction of sp³-hybridized carbons (Fsp3) is 0.364. The van der Waals surface area contributed by atoms with E-state index in [1.54, 1.807) is 31.0 Å². The average Bonchev–Trinajstić information content (AvgIpc) is 2.25. The van der Waals surface area contributed by atoms with Crippen LogP contribution in [0.1, 0.15) is 23.7 Å². The lowest BCUT2D eigenvalue weighted by molar-refractivity contribution is 0.112. The molecule has 0 aliphatic heterocycles. The van der Waals surface area contributed by atoms with Gasteiger partial charge in [-0.05, 0) is 30.4 Å². The molecule has 1 rings (SSSR count). The molecule has 0 N–H and O–H groups in total. The van der Waals surface area contributed by atoms with Gasteiger partial charge in [0.25, 0.3) is 0 Å². The van der Waals surface area contributed by atoms with Crippen LogP contribution in [-0.4, -0.2) is 19.1 Å². The summed E-state index contributed by atoms with van der Waals surface area (Å²) in [6.07, 6.45) is 1.98. The van der Waals surface area contributed by atoms with Gasteiger partial charge in [0.05, 0.1) is 7.11 Å². The van der Waals surface area contributed by atoms with Crippen molar-refractivity contribution < 1.29 is 9.53 Å². The minimum absolute atomic E-state index is 0.740. The lowest BCUT2D eigenvalue weighted by atomic mass is 10.2. The normalized spacial score (nSPS) is 9.86. The molecule has 14 heavy (non-hydrogen) atoms. The number of carbonyl (C=O) groups is 1. The summed E-state index contributed by atoms with van der Waals surface area (Å²) in [4.78, 5) is 11.7. The van der Waals surface area contributed by atoms with E-state index in [0.29, 0.717) is 0 Å². The predicted octanol–water partition coefficient (Wildman–Crippen LogP) is 3.01. The molecule has 0 unspecified atom stereocenters. The second-order valence-corrected chi connectivity index (χ2v) is 4.01. The van der Waals surface area contributed by atoms with Crippen LogP contribution in [0.25, 0.3) is 0 Å². The predicted molar refractivity (Wildman–Crippen MR) is 59.4 cm³/mol. The van der Waals surface area contributed by atoms with E-state index in [9.17, 15) is 4.79 Å². The zero-order valence-corrected chi connectivity index (χ0v) is 9.26. The van der Waals surface area contributed by atoms with E-state index in [1.165, 1.54) is 0 Å². The SMILES string of the molecule is CCCSc1cc(OC)ccc1C=O. The molecule has 0 spiro atoms. The summed E-state index contributed by atoms with van der Waals surface area (Å²) in [5.41, 5.74) is 0.740. The Hall–Kier alpha value is -0.960. The summed E-state index contributed by atoms with van der Waals surface area (Å²) in [7, 11) is 1.63. The van der Waals surface area contributed by atoms with Crippen molar-refractivity contribution in [2.75, 3.05) is 12.9 Å². The maximum absolute atomic E-state index is 10.7. The van der Waals surface area contributed by atoms with Crippen molar-refractivity contribution in [1.82, 2.24) is 0 Å². The van der Waals surface area contributed by atoms with E-state index in [-0.39, 0.29) is 0 Å². The van der Waals surface area contributed by atoms with Crippen LogP contribution >= 0.6 is 11.8 Å². The van der Waals surface area contributed by atoms with Crippen LogP contribution in [0.2, 0.25) is 0 Å². The molecule has 0 radical (unpaired) electrons. The number of thioether (sulfide) groups is 1. The average molecular weight is 210 g/mol. The van der Waals surface area contributed by atoms with E-state index in [2.05, 4.69) is 6.92 Å². The molecule has 1 aromatic carbocycles. The van der Waals surface area contributed by atoms with Crippen LogP contribution in [0.15, 0.2) is 23.1 Å². The van der Waals surface area contributed by atoms with Gasteiger partial charge in [0.2, 0.25) is 0 Å². The van der Waals surface area contributed by atoms with Gasteiger partial charge < -0.3 is 4.74 Å². The van der Waals surface area contributed by atoms with Crippen LogP contribution < -0.4 is 4.74 Å². The second-order valence-electron chi connectivity index (χ2n) is 2.87.